The van der Waals surface area contributed by atoms with Crippen molar-refractivity contribution in [2.75, 3.05) is 39.2 Å². The number of likely N-dealkylation sites (N-methyl/N-ethyl adjacent to an activating group) is 1. The summed E-state index contributed by atoms with van der Waals surface area (Å²) < 4.78 is 5.26. The van der Waals surface area contributed by atoms with Crippen molar-refractivity contribution < 1.29 is 9.53 Å². The normalized spacial score (nSPS) is 11.0. The smallest absolute Gasteiger partial charge is 0.182 e. The van der Waals surface area contributed by atoms with Gasteiger partial charge in [0.15, 0.2) is 5.78 Å². The number of benzene rings is 2. The molecule has 2 aromatic rings. The van der Waals surface area contributed by atoms with E-state index in [0.717, 1.165) is 29.0 Å². The largest absolute Gasteiger partial charge is 0.497 e. The molecule has 0 atom stereocenters. The summed E-state index contributed by atoms with van der Waals surface area (Å²) in [5.74, 6) is 0.705. The number of hydrogen-bond acceptors (Lipinski definition) is 4. The van der Waals surface area contributed by atoms with E-state index in [1.165, 1.54) is 0 Å². The maximum atomic E-state index is 12.9. The van der Waals surface area contributed by atoms with Gasteiger partial charge in [-0.15, -0.1) is 0 Å². The molecule has 0 aromatic heterocycles. The van der Waals surface area contributed by atoms with E-state index in [1.54, 1.807) is 13.2 Å². The summed E-state index contributed by atoms with van der Waals surface area (Å²) in [6, 6.07) is 9.30. The molecule has 0 aliphatic heterocycles. The topological polar surface area (TPSA) is 45.1 Å². The van der Waals surface area contributed by atoms with Crippen LogP contribution < -0.4 is 9.64 Å². The van der Waals surface area contributed by atoms with Crippen LogP contribution >= 0.6 is 11.6 Å². The zero-order chi connectivity index (χ0) is 20.8. The Morgan fingerprint density at radius 2 is 1.86 bits per heavy atom. The van der Waals surface area contributed by atoms with Crippen LogP contribution in [0.3, 0.4) is 0 Å². The Balaban J connectivity index is 2.21. The molecule has 5 nitrogen and oxygen atoms in total. The third-order valence-corrected chi connectivity index (χ3v) is 4.87. The lowest BCUT2D eigenvalue weighted by Crippen LogP contribution is -2.26. The van der Waals surface area contributed by atoms with Crippen molar-refractivity contribution in [3.05, 3.63) is 52.0 Å². The van der Waals surface area contributed by atoms with Crippen molar-refractivity contribution in [2.24, 2.45) is 4.99 Å². The van der Waals surface area contributed by atoms with Crippen LogP contribution in [0.15, 0.2) is 35.3 Å². The van der Waals surface area contributed by atoms with Crippen LogP contribution in [-0.4, -0.2) is 51.3 Å². The predicted molar refractivity (Wildman–Crippen MR) is 118 cm³/mol. The number of Topliss-reactive ketones (excluding diaryl/α,β-unsaturated/α-hetero) is 1. The van der Waals surface area contributed by atoms with Gasteiger partial charge in [-0.25, -0.2) is 4.99 Å². The second-order valence-corrected chi connectivity index (χ2v) is 7.34. The van der Waals surface area contributed by atoms with Gasteiger partial charge in [0, 0.05) is 43.0 Å². The molecule has 0 saturated heterocycles. The van der Waals surface area contributed by atoms with E-state index in [-0.39, 0.29) is 12.3 Å². The monoisotopic (exact) mass is 401 g/mol. The van der Waals surface area contributed by atoms with Crippen molar-refractivity contribution in [1.82, 2.24) is 4.90 Å². The molecule has 150 valence electrons. The molecule has 0 aliphatic carbocycles. The van der Waals surface area contributed by atoms with Crippen molar-refractivity contribution in [3.8, 4) is 5.75 Å². The number of nitrogens with zero attached hydrogens (tertiary/aromatic N) is 3. The lowest BCUT2D eigenvalue weighted by atomic mass is 10.00. The SMILES string of the molecule is CCN(C)C=Nc1cc(C)c(C(=O)CN(C)c2cc(Cl)cc(OC)c2)cc1C. The maximum absolute atomic E-state index is 12.9. The van der Waals surface area contributed by atoms with Gasteiger partial charge in [0.1, 0.15) is 5.75 Å². The number of hydrogen-bond donors (Lipinski definition) is 0. The summed E-state index contributed by atoms with van der Waals surface area (Å²) in [7, 11) is 5.43. The zero-order valence-electron chi connectivity index (χ0n) is 17.4. The first kappa shape index (κ1) is 21.8. The molecule has 0 fully saturated rings. The highest BCUT2D eigenvalue weighted by Crippen LogP contribution is 2.27. The molecule has 28 heavy (non-hydrogen) atoms. The molecule has 0 radical (unpaired) electrons. The quantitative estimate of drug-likeness (QED) is 0.358. The first-order valence-corrected chi connectivity index (χ1v) is 9.57. The molecule has 0 N–H and O–H groups in total. The van der Waals surface area contributed by atoms with Gasteiger partial charge in [-0.3, -0.25) is 4.79 Å². The van der Waals surface area contributed by atoms with Crippen molar-refractivity contribution in [1.29, 1.82) is 0 Å². The van der Waals surface area contributed by atoms with Gasteiger partial charge >= 0.3 is 0 Å². The minimum Gasteiger partial charge on any atom is -0.497 e. The van der Waals surface area contributed by atoms with E-state index in [0.29, 0.717) is 16.3 Å². The Morgan fingerprint density at radius 3 is 2.50 bits per heavy atom. The molecule has 0 spiro atoms. The summed E-state index contributed by atoms with van der Waals surface area (Å²) >= 11 is 6.14. The number of rotatable bonds is 8. The molecule has 0 bridgehead atoms. The standard InChI is InChI=1S/C22H28ClN3O2/c1-7-25(4)14-24-21-9-15(2)20(8-16(21)3)22(27)13-26(5)18-10-17(23)11-19(12-18)28-6/h8-12,14H,7,13H2,1-6H3. The second kappa shape index (κ2) is 9.60. The Labute approximate surface area is 172 Å². The van der Waals surface area contributed by atoms with Gasteiger partial charge in [-0.05, 0) is 56.2 Å². The fourth-order valence-corrected chi connectivity index (χ4v) is 2.98. The fraction of sp³-hybridized carbons (Fsp3) is 0.364. The molecule has 2 rings (SSSR count). The average molecular weight is 402 g/mol. The maximum Gasteiger partial charge on any atom is 0.182 e. The van der Waals surface area contributed by atoms with E-state index < -0.39 is 0 Å². The Morgan fingerprint density at radius 1 is 1.14 bits per heavy atom. The van der Waals surface area contributed by atoms with Crippen LogP contribution in [0.2, 0.25) is 5.02 Å². The van der Waals surface area contributed by atoms with Crippen LogP contribution in [0.4, 0.5) is 11.4 Å². The van der Waals surface area contributed by atoms with Gasteiger partial charge in [0.2, 0.25) is 0 Å². The number of carbonyl (C=O) groups excluding carboxylic acids is 1. The van der Waals surface area contributed by atoms with Crippen LogP contribution in [0.5, 0.6) is 5.75 Å². The highest BCUT2D eigenvalue weighted by atomic mass is 35.5. The molecule has 6 heteroatoms. The number of carbonyl (C=O) groups is 1. The van der Waals surface area contributed by atoms with Gasteiger partial charge in [-0.2, -0.15) is 0 Å². The molecular weight excluding hydrogens is 374 g/mol. The van der Waals surface area contributed by atoms with E-state index in [4.69, 9.17) is 16.3 Å². The predicted octanol–water partition coefficient (Wildman–Crippen LogP) is 4.90. The van der Waals surface area contributed by atoms with E-state index in [1.807, 2.05) is 68.3 Å². The Kier molecular flexibility index (Phi) is 7.46. The second-order valence-electron chi connectivity index (χ2n) is 6.90. The average Bonchev–Trinajstić information content (AvgIpc) is 2.67. The van der Waals surface area contributed by atoms with Gasteiger partial charge in [0.05, 0.1) is 25.7 Å². The van der Waals surface area contributed by atoms with E-state index >= 15 is 0 Å². The molecular formula is C22H28ClN3O2. The Bertz CT molecular complexity index is 880. The van der Waals surface area contributed by atoms with Crippen LogP contribution in [0, 0.1) is 13.8 Å². The highest BCUT2D eigenvalue weighted by Gasteiger charge is 2.15. The van der Waals surface area contributed by atoms with E-state index in [9.17, 15) is 4.79 Å². The minimum absolute atomic E-state index is 0.0447. The van der Waals surface area contributed by atoms with Crippen molar-refractivity contribution in [3.63, 3.8) is 0 Å². The molecule has 0 unspecified atom stereocenters. The van der Waals surface area contributed by atoms with Crippen LogP contribution in [0.1, 0.15) is 28.4 Å². The third kappa shape index (κ3) is 5.49. The van der Waals surface area contributed by atoms with Crippen molar-refractivity contribution in [2.45, 2.75) is 20.8 Å². The lowest BCUT2D eigenvalue weighted by molar-refractivity contribution is 0.0999. The summed E-state index contributed by atoms with van der Waals surface area (Å²) in [4.78, 5) is 21.3. The number of anilines is 1. The number of aryl methyl sites for hydroxylation is 2. The molecule has 0 amide bonds. The van der Waals surface area contributed by atoms with Crippen LogP contribution in [-0.2, 0) is 0 Å². The fourth-order valence-electron chi connectivity index (χ4n) is 2.76. The summed E-state index contributed by atoms with van der Waals surface area (Å²) in [6.45, 7) is 7.11. The number of aliphatic imine (C=N–C) groups is 1. The van der Waals surface area contributed by atoms with Crippen LogP contribution in [0.25, 0.3) is 0 Å². The minimum atomic E-state index is 0.0447. The first-order chi connectivity index (χ1) is 13.2. The van der Waals surface area contributed by atoms with Gasteiger partial charge in [0.25, 0.3) is 0 Å². The van der Waals surface area contributed by atoms with Crippen molar-refractivity contribution >= 4 is 35.1 Å². The zero-order valence-corrected chi connectivity index (χ0v) is 18.2. The number of ether oxygens (including phenoxy) is 1. The van der Waals surface area contributed by atoms with Gasteiger partial charge in [-0.1, -0.05) is 11.6 Å². The summed E-state index contributed by atoms with van der Waals surface area (Å²) in [5, 5.41) is 0.569. The molecule has 0 heterocycles. The lowest BCUT2D eigenvalue weighted by Gasteiger charge is -2.20. The summed E-state index contributed by atoms with van der Waals surface area (Å²) in [6.07, 6.45) is 1.81. The Hall–Kier alpha value is -2.53. The van der Waals surface area contributed by atoms with Gasteiger partial charge < -0.3 is 14.5 Å². The molecule has 2 aromatic carbocycles. The molecule has 0 aliphatic rings. The number of ketones is 1. The number of methoxy groups -OCH3 is 1. The highest BCUT2D eigenvalue weighted by molar-refractivity contribution is 6.31. The summed E-state index contributed by atoms with van der Waals surface area (Å²) in [5.41, 5.74) is 4.31. The third-order valence-electron chi connectivity index (χ3n) is 4.65. The molecule has 0 saturated carbocycles. The van der Waals surface area contributed by atoms with E-state index in [2.05, 4.69) is 11.9 Å². The first-order valence-electron chi connectivity index (χ1n) is 9.19. The number of halogens is 1.